The van der Waals surface area contributed by atoms with Gasteiger partial charge in [-0.25, -0.2) is 4.39 Å². The molecule has 0 N–H and O–H groups in total. The maximum absolute atomic E-state index is 13.3. The number of hydrogen-bond donors (Lipinski definition) is 0. The highest BCUT2D eigenvalue weighted by molar-refractivity contribution is 6.31. The Morgan fingerprint density at radius 1 is 1.19 bits per heavy atom. The minimum atomic E-state index is -0.366. The van der Waals surface area contributed by atoms with Crippen LogP contribution >= 0.6 is 23.2 Å². The van der Waals surface area contributed by atoms with Gasteiger partial charge in [0.25, 0.3) is 0 Å². The Hall–Kier alpha value is -1.69. The van der Waals surface area contributed by atoms with Crippen molar-refractivity contribution >= 4 is 23.2 Å². The first-order valence-electron chi connectivity index (χ1n) is 6.32. The first-order chi connectivity index (χ1) is 10.1. The highest BCUT2D eigenvalue weighted by atomic mass is 35.5. The van der Waals surface area contributed by atoms with Crippen molar-refractivity contribution in [3.8, 4) is 17.6 Å². The monoisotopic (exact) mass is 322 g/mol. The number of hydrogen-bond acceptors (Lipinski definition) is 1. The van der Waals surface area contributed by atoms with Crippen LogP contribution in [-0.4, -0.2) is 5.88 Å². The molecule has 0 saturated carbocycles. The van der Waals surface area contributed by atoms with Gasteiger partial charge >= 0.3 is 0 Å². The first-order valence-corrected chi connectivity index (χ1v) is 7.23. The van der Waals surface area contributed by atoms with Crippen molar-refractivity contribution in [2.75, 3.05) is 5.88 Å². The lowest BCUT2D eigenvalue weighted by molar-refractivity contribution is 0.305. The number of aryl methyl sites for hydroxylation is 1. The summed E-state index contributed by atoms with van der Waals surface area (Å²) in [5.74, 6) is 5.80. The molecule has 2 aromatic rings. The topological polar surface area (TPSA) is 9.23 Å². The quantitative estimate of drug-likeness (QED) is 0.573. The number of rotatable bonds is 3. The fourth-order valence-electron chi connectivity index (χ4n) is 1.78. The zero-order chi connectivity index (χ0) is 15.2. The lowest BCUT2D eigenvalue weighted by Crippen LogP contribution is -1.99. The molecule has 0 aliphatic carbocycles. The van der Waals surface area contributed by atoms with Gasteiger partial charge in [0.2, 0.25) is 0 Å². The molecule has 0 atom stereocenters. The van der Waals surface area contributed by atoms with Crippen molar-refractivity contribution in [3.63, 3.8) is 0 Å². The molecule has 2 rings (SSSR count). The van der Waals surface area contributed by atoms with Gasteiger partial charge in [-0.3, -0.25) is 0 Å². The van der Waals surface area contributed by atoms with Gasteiger partial charge in [-0.15, -0.1) is 11.6 Å². The van der Waals surface area contributed by atoms with Gasteiger partial charge < -0.3 is 4.74 Å². The van der Waals surface area contributed by atoms with Crippen LogP contribution in [0.2, 0.25) is 5.02 Å². The van der Waals surface area contributed by atoms with E-state index in [9.17, 15) is 4.39 Å². The second-order valence-electron chi connectivity index (χ2n) is 4.46. The van der Waals surface area contributed by atoms with E-state index in [0.29, 0.717) is 22.9 Å². The number of ether oxygens (including phenoxy) is 1. The van der Waals surface area contributed by atoms with Crippen LogP contribution in [0.15, 0.2) is 36.4 Å². The fourth-order valence-corrected chi connectivity index (χ4v) is 2.14. The van der Waals surface area contributed by atoms with Crippen LogP contribution < -0.4 is 4.74 Å². The van der Waals surface area contributed by atoms with Crippen molar-refractivity contribution in [2.24, 2.45) is 0 Å². The van der Waals surface area contributed by atoms with Crippen LogP contribution in [0.5, 0.6) is 5.75 Å². The molecule has 0 bridgehead atoms. The lowest BCUT2D eigenvalue weighted by atomic mass is 10.1. The smallest absolute Gasteiger partial charge is 0.135 e. The third-order valence-electron chi connectivity index (χ3n) is 2.82. The molecule has 2 aromatic carbocycles. The Morgan fingerprint density at radius 3 is 2.71 bits per heavy atom. The van der Waals surface area contributed by atoms with Gasteiger partial charge in [-0.05, 0) is 36.8 Å². The summed E-state index contributed by atoms with van der Waals surface area (Å²) in [4.78, 5) is 0. The molecule has 0 heterocycles. The summed E-state index contributed by atoms with van der Waals surface area (Å²) in [6.07, 6.45) is 0. The summed E-state index contributed by atoms with van der Waals surface area (Å²) in [6.45, 7) is 2.26. The summed E-state index contributed by atoms with van der Waals surface area (Å²) >= 11 is 11.7. The summed E-state index contributed by atoms with van der Waals surface area (Å²) < 4.78 is 19.0. The van der Waals surface area contributed by atoms with E-state index in [1.807, 2.05) is 25.1 Å². The Labute approximate surface area is 133 Å². The maximum Gasteiger partial charge on any atom is 0.135 e. The third-order valence-corrected chi connectivity index (χ3v) is 3.31. The summed E-state index contributed by atoms with van der Waals surface area (Å²) in [7, 11) is 0. The molecular formula is C17H13Cl2FO. The van der Waals surface area contributed by atoms with Crippen molar-refractivity contribution in [2.45, 2.75) is 13.5 Å². The lowest BCUT2D eigenvalue weighted by Gasteiger charge is -2.10. The van der Waals surface area contributed by atoms with Gasteiger partial charge in [0, 0.05) is 10.6 Å². The van der Waals surface area contributed by atoms with Gasteiger partial charge in [-0.1, -0.05) is 35.6 Å². The largest absolute Gasteiger partial charge is 0.488 e. The van der Waals surface area contributed by atoms with E-state index in [1.165, 1.54) is 12.1 Å². The van der Waals surface area contributed by atoms with E-state index in [4.69, 9.17) is 27.9 Å². The van der Waals surface area contributed by atoms with E-state index in [-0.39, 0.29) is 11.7 Å². The molecule has 0 radical (unpaired) electrons. The number of halogens is 3. The predicted octanol–water partition coefficient (Wildman–Crippen LogP) is 4.96. The van der Waals surface area contributed by atoms with Crippen LogP contribution in [0.3, 0.4) is 0 Å². The Balaban J connectivity index is 2.19. The van der Waals surface area contributed by atoms with Gasteiger partial charge in [-0.2, -0.15) is 0 Å². The van der Waals surface area contributed by atoms with Crippen molar-refractivity contribution in [1.29, 1.82) is 0 Å². The molecule has 1 nitrogen and oxygen atoms in total. The van der Waals surface area contributed by atoms with E-state index >= 15 is 0 Å². The molecule has 4 heteroatoms. The fraction of sp³-hybridized carbons (Fsp3) is 0.176. The van der Waals surface area contributed by atoms with Crippen LogP contribution in [0.4, 0.5) is 4.39 Å². The maximum atomic E-state index is 13.3. The van der Waals surface area contributed by atoms with E-state index in [0.717, 1.165) is 11.1 Å². The SMILES string of the molecule is Cc1ccc(COc2ccc(F)cc2C#CCCl)c(Cl)c1. The molecule has 0 spiro atoms. The summed E-state index contributed by atoms with van der Waals surface area (Å²) in [5.41, 5.74) is 2.42. The van der Waals surface area contributed by atoms with E-state index < -0.39 is 0 Å². The van der Waals surface area contributed by atoms with Crippen molar-refractivity contribution in [3.05, 3.63) is 63.9 Å². The summed E-state index contributed by atoms with van der Waals surface area (Å²) in [6, 6.07) is 9.95. The minimum Gasteiger partial charge on any atom is -0.488 e. The Kier molecular flexibility index (Phi) is 5.50. The normalized spacial score (nSPS) is 9.90. The average Bonchev–Trinajstić information content (AvgIpc) is 2.45. The summed E-state index contributed by atoms with van der Waals surface area (Å²) in [5, 5.41) is 0.644. The molecule has 0 saturated heterocycles. The Morgan fingerprint density at radius 2 is 2.00 bits per heavy atom. The van der Waals surface area contributed by atoms with Crippen LogP contribution in [0, 0.1) is 24.6 Å². The van der Waals surface area contributed by atoms with E-state index in [1.54, 1.807) is 6.07 Å². The number of benzene rings is 2. The Bertz CT molecular complexity index is 702. The molecule has 0 aliphatic rings. The van der Waals surface area contributed by atoms with Gasteiger partial charge in [0.05, 0.1) is 11.4 Å². The molecular weight excluding hydrogens is 310 g/mol. The second kappa shape index (κ2) is 7.36. The zero-order valence-electron chi connectivity index (χ0n) is 11.4. The number of alkyl halides is 1. The average molecular weight is 323 g/mol. The predicted molar refractivity (Wildman–Crippen MR) is 84.5 cm³/mol. The second-order valence-corrected chi connectivity index (χ2v) is 5.13. The molecule has 0 unspecified atom stereocenters. The molecule has 21 heavy (non-hydrogen) atoms. The standard InChI is InChI=1S/C17H13Cl2FO/c1-12-4-5-14(16(19)9-12)11-21-17-7-6-15(20)10-13(17)3-2-8-18/h4-7,9-10H,8,11H2,1H3. The molecule has 0 fully saturated rings. The van der Waals surface area contributed by atoms with Crippen molar-refractivity contribution < 1.29 is 9.13 Å². The van der Waals surface area contributed by atoms with Crippen LogP contribution in [0.25, 0.3) is 0 Å². The zero-order valence-corrected chi connectivity index (χ0v) is 12.9. The van der Waals surface area contributed by atoms with Gasteiger partial charge in [0.1, 0.15) is 18.2 Å². The van der Waals surface area contributed by atoms with Crippen LogP contribution in [0.1, 0.15) is 16.7 Å². The highest BCUT2D eigenvalue weighted by Gasteiger charge is 2.06. The molecule has 0 aliphatic heterocycles. The highest BCUT2D eigenvalue weighted by Crippen LogP contribution is 2.23. The van der Waals surface area contributed by atoms with E-state index in [2.05, 4.69) is 11.8 Å². The molecule has 0 aromatic heterocycles. The van der Waals surface area contributed by atoms with Gasteiger partial charge in [0.15, 0.2) is 0 Å². The first kappa shape index (κ1) is 15.7. The van der Waals surface area contributed by atoms with Crippen LogP contribution in [-0.2, 0) is 6.61 Å². The molecule has 108 valence electrons. The minimum absolute atomic E-state index is 0.180. The molecule has 0 amide bonds. The van der Waals surface area contributed by atoms with Crippen molar-refractivity contribution in [1.82, 2.24) is 0 Å². The third kappa shape index (κ3) is 4.39.